The molecule has 2 N–H and O–H groups in total. The van der Waals surface area contributed by atoms with Gasteiger partial charge in [0.1, 0.15) is 5.82 Å². The van der Waals surface area contributed by atoms with E-state index in [0.717, 1.165) is 5.92 Å². The average Bonchev–Trinajstić information content (AvgIpc) is 3.05. The van der Waals surface area contributed by atoms with Crippen molar-refractivity contribution in [2.24, 2.45) is 5.92 Å². The molecule has 3 unspecified atom stereocenters. The van der Waals surface area contributed by atoms with Crippen LogP contribution in [0.5, 0.6) is 0 Å². The van der Waals surface area contributed by atoms with Crippen molar-refractivity contribution < 1.29 is 9.50 Å². The summed E-state index contributed by atoms with van der Waals surface area (Å²) in [5, 5.41) is 13.2. The van der Waals surface area contributed by atoms with Gasteiger partial charge in [-0.15, -0.1) is 0 Å². The third-order valence-corrected chi connectivity index (χ3v) is 3.39. The van der Waals surface area contributed by atoms with Crippen LogP contribution in [0.4, 0.5) is 4.39 Å². The van der Waals surface area contributed by atoms with Gasteiger partial charge in [-0.1, -0.05) is 25.5 Å². The van der Waals surface area contributed by atoms with Gasteiger partial charge in [0.05, 0.1) is 6.10 Å². The van der Waals surface area contributed by atoms with Crippen molar-refractivity contribution in [1.29, 1.82) is 0 Å². The minimum atomic E-state index is -0.617. The molecule has 0 aliphatic heterocycles. The fourth-order valence-electron chi connectivity index (χ4n) is 2.28. The summed E-state index contributed by atoms with van der Waals surface area (Å²) >= 11 is 0. The van der Waals surface area contributed by atoms with Gasteiger partial charge in [-0.05, 0) is 36.5 Å². The van der Waals surface area contributed by atoms with Gasteiger partial charge < -0.3 is 10.4 Å². The zero-order chi connectivity index (χ0) is 12.3. The van der Waals surface area contributed by atoms with E-state index < -0.39 is 6.10 Å². The number of hydrogen-bond acceptors (Lipinski definition) is 2. The molecule has 94 valence electrons. The van der Waals surface area contributed by atoms with Crippen LogP contribution in [-0.4, -0.2) is 17.7 Å². The fraction of sp³-hybridized carbons (Fsp3) is 0.571. The number of halogens is 1. The van der Waals surface area contributed by atoms with E-state index in [4.69, 9.17) is 0 Å². The highest BCUT2D eigenvalue weighted by Crippen LogP contribution is 2.34. The van der Waals surface area contributed by atoms with Crippen molar-refractivity contribution >= 4 is 0 Å². The van der Waals surface area contributed by atoms with Crippen LogP contribution in [0, 0.1) is 11.7 Å². The van der Waals surface area contributed by atoms with E-state index in [9.17, 15) is 9.50 Å². The van der Waals surface area contributed by atoms with Gasteiger partial charge >= 0.3 is 0 Å². The van der Waals surface area contributed by atoms with Crippen molar-refractivity contribution in [2.75, 3.05) is 6.54 Å². The molecule has 1 aromatic rings. The van der Waals surface area contributed by atoms with E-state index in [2.05, 4.69) is 12.2 Å². The number of aliphatic hydroxyl groups is 1. The summed E-state index contributed by atoms with van der Waals surface area (Å²) in [4.78, 5) is 0. The topological polar surface area (TPSA) is 32.3 Å². The molecule has 0 spiro atoms. The minimum Gasteiger partial charge on any atom is -0.387 e. The molecule has 17 heavy (non-hydrogen) atoms. The summed E-state index contributed by atoms with van der Waals surface area (Å²) in [7, 11) is 0. The first-order chi connectivity index (χ1) is 8.20. The Balaban J connectivity index is 1.76. The van der Waals surface area contributed by atoms with Gasteiger partial charge in [-0.2, -0.15) is 0 Å². The Morgan fingerprint density at radius 2 is 2.35 bits per heavy atom. The number of rotatable bonds is 6. The molecule has 1 fully saturated rings. The van der Waals surface area contributed by atoms with E-state index in [0.29, 0.717) is 18.2 Å². The summed E-state index contributed by atoms with van der Waals surface area (Å²) in [6.45, 7) is 2.70. The first kappa shape index (κ1) is 12.5. The van der Waals surface area contributed by atoms with Crippen LogP contribution in [0.2, 0.25) is 0 Å². The zero-order valence-corrected chi connectivity index (χ0v) is 10.2. The third kappa shape index (κ3) is 3.51. The van der Waals surface area contributed by atoms with Gasteiger partial charge in [-0.25, -0.2) is 4.39 Å². The lowest BCUT2D eigenvalue weighted by atomic mass is 10.1. The molecule has 1 saturated carbocycles. The minimum absolute atomic E-state index is 0.295. The molecule has 1 aliphatic rings. The molecule has 1 aromatic carbocycles. The smallest absolute Gasteiger partial charge is 0.123 e. The molecule has 0 bridgehead atoms. The second-order valence-electron chi connectivity index (χ2n) is 4.87. The predicted molar refractivity (Wildman–Crippen MR) is 66.2 cm³/mol. The van der Waals surface area contributed by atoms with Crippen LogP contribution in [0.15, 0.2) is 24.3 Å². The summed E-state index contributed by atoms with van der Waals surface area (Å²) < 4.78 is 13.0. The summed E-state index contributed by atoms with van der Waals surface area (Å²) in [6, 6.07) is 6.72. The van der Waals surface area contributed by atoms with Gasteiger partial charge in [-0.3, -0.25) is 0 Å². The largest absolute Gasteiger partial charge is 0.387 e. The molecule has 0 amide bonds. The van der Waals surface area contributed by atoms with Crippen molar-refractivity contribution in [2.45, 2.75) is 38.3 Å². The van der Waals surface area contributed by atoms with E-state index in [1.807, 2.05) is 0 Å². The van der Waals surface area contributed by atoms with Crippen LogP contribution in [0.3, 0.4) is 0 Å². The first-order valence-corrected chi connectivity index (χ1v) is 6.37. The molecular formula is C14H20FNO. The summed E-state index contributed by atoms with van der Waals surface area (Å²) in [5.41, 5.74) is 0.644. The Morgan fingerprint density at radius 1 is 1.53 bits per heavy atom. The second kappa shape index (κ2) is 5.61. The molecule has 0 saturated heterocycles. The molecule has 1 aliphatic carbocycles. The number of nitrogens with one attached hydrogen (secondary N) is 1. The molecule has 0 heterocycles. The van der Waals surface area contributed by atoms with Crippen LogP contribution < -0.4 is 5.32 Å². The summed E-state index contributed by atoms with van der Waals surface area (Å²) in [6.07, 6.45) is 3.07. The lowest BCUT2D eigenvalue weighted by Gasteiger charge is -2.12. The quantitative estimate of drug-likeness (QED) is 0.797. The summed E-state index contributed by atoms with van der Waals surface area (Å²) in [5.74, 6) is 0.483. The SMILES string of the molecule is CCCC1CC1NCC(O)c1cccc(F)c1. The molecule has 0 radical (unpaired) electrons. The zero-order valence-electron chi connectivity index (χ0n) is 10.2. The lowest BCUT2D eigenvalue weighted by molar-refractivity contribution is 0.173. The molecular weight excluding hydrogens is 217 g/mol. The highest BCUT2D eigenvalue weighted by Gasteiger charge is 2.35. The monoisotopic (exact) mass is 237 g/mol. The molecule has 2 nitrogen and oxygen atoms in total. The van der Waals surface area contributed by atoms with Crippen LogP contribution in [0.25, 0.3) is 0 Å². The van der Waals surface area contributed by atoms with E-state index in [-0.39, 0.29) is 5.82 Å². The van der Waals surface area contributed by atoms with E-state index in [1.165, 1.54) is 31.4 Å². The van der Waals surface area contributed by atoms with Crippen LogP contribution in [0.1, 0.15) is 37.9 Å². The maximum atomic E-state index is 13.0. The Morgan fingerprint density at radius 3 is 3.06 bits per heavy atom. The van der Waals surface area contributed by atoms with Crippen LogP contribution in [-0.2, 0) is 0 Å². The molecule has 3 atom stereocenters. The van der Waals surface area contributed by atoms with Crippen molar-refractivity contribution in [3.05, 3.63) is 35.6 Å². The maximum absolute atomic E-state index is 13.0. The predicted octanol–water partition coefficient (Wildman–Crippen LogP) is 2.64. The van der Waals surface area contributed by atoms with Crippen LogP contribution >= 0.6 is 0 Å². The van der Waals surface area contributed by atoms with E-state index in [1.54, 1.807) is 12.1 Å². The van der Waals surface area contributed by atoms with E-state index >= 15 is 0 Å². The Hall–Kier alpha value is -0.930. The molecule has 2 rings (SSSR count). The second-order valence-corrected chi connectivity index (χ2v) is 4.87. The third-order valence-electron chi connectivity index (χ3n) is 3.39. The van der Waals surface area contributed by atoms with Crippen molar-refractivity contribution in [3.63, 3.8) is 0 Å². The standard InChI is InChI=1S/C14H20FNO/c1-2-4-10-8-13(10)16-9-14(17)11-5-3-6-12(15)7-11/h3,5-7,10,13-14,16-17H,2,4,8-9H2,1H3. The van der Waals surface area contributed by atoms with Gasteiger partial charge in [0.2, 0.25) is 0 Å². The average molecular weight is 237 g/mol. The lowest BCUT2D eigenvalue weighted by Crippen LogP contribution is -2.24. The Labute approximate surface area is 102 Å². The Kier molecular flexibility index (Phi) is 4.13. The first-order valence-electron chi connectivity index (χ1n) is 6.37. The molecule has 3 heteroatoms. The number of benzene rings is 1. The maximum Gasteiger partial charge on any atom is 0.123 e. The Bertz CT molecular complexity index is 369. The number of aliphatic hydroxyl groups excluding tert-OH is 1. The van der Waals surface area contributed by atoms with Crippen molar-refractivity contribution in [1.82, 2.24) is 5.32 Å². The van der Waals surface area contributed by atoms with Gasteiger partial charge in [0.25, 0.3) is 0 Å². The van der Waals surface area contributed by atoms with Gasteiger partial charge in [0.15, 0.2) is 0 Å². The normalized spacial score (nSPS) is 24.6. The van der Waals surface area contributed by atoms with Gasteiger partial charge in [0, 0.05) is 12.6 Å². The highest BCUT2D eigenvalue weighted by molar-refractivity contribution is 5.19. The number of hydrogen-bond donors (Lipinski definition) is 2. The van der Waals surface area contributed by atoms with Crippen molar-refractivity contribution in [3.8, 4) is 0 Å². The highest BCUT2D eigenvalue weighted by atomic mass is 19.1. The fourth-order valence-corrected chi connectivity index (χ4v) is 2.28. The molecule has 0 aromatic heterocycles.